The van der Waals surface area contributed by atoms with Crippen molar-refractivity contribution in [2.24, 2.45) is 0 Å². The molecule has 0 aliphatic carbocycles. The van der Waals surface area contributed by atoms with Gasteiger partial charge >= 0.3 is 0 Å². The molecule has 3 rings (SSSR count). The van der Waals surface area contributed by atoms with E-state index in [2.05, 4.69) is 20.9 Å². The Labute approximate surface area is 126 Å². The first kappa shape index (κ1) is 13.1. The minimum Gasteiger partial charge on any atom is -0.360 e. The summed E-state index contributed by atoms with van der Waals surface area (Å²) in [6.07, 6.45) is 1.81. The molecule has 2 nitrogen and oxygen atoms in total. The van der Waals surface area contributed by atoms with E-state index in [9.17, 15) is 4.79 Å². The van der Waals surface area contributed by atoms with E-state index in [4.69, 9.17) is 0 Å². The third-order valence-electron chi connectivity index (χ3n) is 3.60. The van der Waals surface area contributed by atoms with E-state index in [1.54, 1.807) is 6.20 Å². The molecule has 0 saturated heterocycles. The van der Waals surface area contributed by atoms with E-state index in [0.717, 1.165) is 37.6 Å². The van der Waals surface area contributed by atoms with Gasteiger partial charge in [-0.3, -0.25) is 4.79 Å². The molecule has 0 saturated carbocycles. The Balaban J connectivity index is 2.21. The fourth-order valence-electron chi connectivity index (χ4n) is 2.53. The number of hydrogen-bond acceptors (Lipinski definition) is 1. The fourth-order valence-corrected chi connectivity index (χ4v) is 2.89. The van der Waals surface area contributed by atoms with Gasteiger partial charge in [0, 0.05) is 32.7 Å². The Hall–Kier alpha value is -1.87. The summed E-state index contributed by atoms with van der Waals surface area (Å²) >= 11 is 3.43. The largest absolute Gasteiger partial charge is 0.360 e. The van der Waals surface area contributed by atoms with Crippen LogP contribution in [0, 0.1) is 13.8 Å². The van der Waals surface area contributed by atoms with Crippen LogP contribution in [0.4, 0.5) is 0 Å². The maximum absolute atomic E-state index is 12.8. The highest BCUT2D eigenvalue weighted by Crippen LogP contribution is 2.26. The lowest BCUT2D eigenvalue weighted by molar-refractivity contribution is 0.103. The standard InChI is InChI=1S/C17H14BrNO/c1-10-6-7-12(18)8-13(10)17(20)14-9-19-15-5-3-4-11(2)16(14)15/h3-9,19H,1-2H3. The third kappa shape index (κ3) is 2.08. The molecule has 0 unspecified atom stereocenters. The Bertz CT molecular complexity index is 817. The number of halogens is 1. The van der Waals surface area contributed by atoms with Crippen LogP contribution in [-0.2, 0) is 0 Å². The number of hydrogen-bond donors (Lipinski definition) is 1. The van der Waals surface area contributed by atoms with Crippen LogP contribution in [0.2, 0.25) is 0 Å². The summed E-state index contributed by atoms with van der Waals surface area (Å²) in [5.41, 5.74) is 4.57. The van der Waals surface area contributed by atoms with Gasteiger partial charge in [0.25, 0.3) is 0 Å². The molecule has 2 aromatic carbocycles. The lowest BCUT2D eigenvalue weighted by Gasteiger charge is -2.06. The zero-order valence-corrected chi connectivity index (χ0v) is 12.9. The molecule has 0 atom stereocenters. The summed E-state index contributed by atoms with van der Waals surface area (Å²) in [5.74, 6) is 0.0596. The van der Waals surface area contributed by atoms with Gasteiger partial charge in [0.1, 0.15) is 0 Å². The summed E-state index contributed by atoms with van der Waals surface area (Å²) in [5, 5.41) is 1.01. The molecule has 0 amide bonds. The molecule has 0 aliphatic heterocycles. The second kappa shape index (κ2) is 4.91. The first-order valence-corrected chi connectivity index (χ1v) is 7.25. The molecule has 0 bridgehead atoms. The van der Waals surface area contributed by atoms with Crippen molar-refractivity contribution >= 4 is 32.6 Å². The second-order valence-electron chi connectivity index (χ2n) is 4.99. The van der Waals surface area contributed by atoms with E-state index in [0.29, 0.717) is 0 Å². The van der Waals surface area contributed by atoms with Gasteiger partial charge in [-0.2, -0.15) is 0 Å². The zero-order valence-electron chi connectivity index (χ0n) is 11.3. The second-order valence-corrected chi connectivity index (χ2v) is 5.90. The number of H-pyrrole nitrogens is 1. The van der Waals surface area contributed by atoms with Crippen LogP contribution in [0.1, 0.15) is 27.0 Å². The SMILES string of the molecule is Cc1ccc(Br)cc1C(=O)c1c[nH]c2cccc(C)c12. The number of ketones is 1. The predicted octanol–water partition coefficient (Wildman–Crippen LogP) is 4.78. The van der Waals surface area contributed by atoms with Crippen molar-refractivity contribution in [2.75, 3.05) is 0 Å². The fraction of sp³-hybridized carbons (Fsp3) is 0.118. The van der Waals surface area contributed by atoms with Gasteiger partial charge in [0.2, 0.25) is 0 Å². The number of nitrogens with one attached hydrogen (secondary N) is 1. The maximum atomic E-state index is 12.8. The molecule has 20 heavy (non-hydrogen) atoms. The van der Waals surface area contributed by atoms with Crippen molar-refractivity contribution < 1.29 is 4.79 Å². The first-order valence-electron chi connectivity index (χ1n) is 6.45. The maximum Gasteiger partial charge on any atom is 0.195 e. The molecule has 1 aromatic heterocycles. The van der Waals surface area contributed by atoms with Crippen molar-refractivity contribution in [3.05, 3.63) is 69.3 Å². The number of aromatic amines is 1. The number of rotatable bonds is 2. The Morgan fingerprint density at radius 1 is 1.05 bits per heavy atom. The van der Waals surface area contributed by atoms with Crippen LogP contribution in [-0.4, -0.2) is 10.8 Å². The lowest BCUT2D eigenvalue weighted by Crippen LogP contribution is -2.03. The van der Waals surface area contributed by atoms with Gasteiger partial charge in [-0.05, 0) is 43.2 Å². The Morgan fingerprint density at radius 3 is 2.65 bits per heavy atom. The summed E-state index contributed by atoms with van der Waals surface area (Å²) < 4.78 is 0.919. The molecular formula is C17H14BrNO. The first-order chi connectivity index (χ1) is 9.58. The van der Waals surface area contributed by atoms with Gasteiger partial charge in [0.05, 0.1) is 0 Å². The smallest absolute Gasteiger partial charge is 0.195 e. The number of aryl methyl sites for hydroxylation is 2. The molecule has 0 aliphatic rings. The Kier molecular flexibility index (Phi) is 3.22. The van der Waals surface area contributed by atoms with Gasteiger partial charge in [-0.15, -0.1) is 0 Å². The molecular weight excluding hydrogens is 314 g/mol. The van der Waals surface area contributed by atoms with Gasteiger partial charge < -0.3 is 4.98 Å². The van der Waals surface area contributed by atoms with Crippen molar-refractivity contribution in [3.8, 4) is 0 Å². The highest BCUT2D eigenvalue weighted by Gasteiger charge is 2.17. The summed E-state index contributed by atoms with van der Waals surface area (Å²) in [6.45, 7) is 3.99. The Morgan fingerprint density at radius 2 is 1.85 bits per heavy atom. The average Bonchev–Trinajstić information content (AvgIpc) is 2.86. The number of fused-ring (bicyclic) bond motifs is 1. The van der Waals surface area contributed by atoms with E-state index < -0.39 is 0 Å². The zero-order chi connectivity index (χ0) is 14.3. The van der Waals surface area contributed by atoms with Crippen molar-refractivity contribution in [1.29, 1.82) is 0 Å². The van der Waals surface area contributed by atoms with E-state index in [-0.39, 0.29) is 5.78 Å². The topological polar surface area (TPSA) is 32.9 Å². The van der Waals surface area contributed by atoms with Gasteiger partial charge in [0.15, 0.2) is 5.78 Å². The molecule has 100 valence electrons. The molecule has 3 aromatic rings. The average molecular weight is 328 g/mol. The van der Waals surface area contributed by atoms with Crippen LogP contribution >= 0.6 is 15.9 Å². The van der Waals surface area contributed by atoms with Crippen molar-refractivity contribution in [2.45, 2.75) is 13.8 Å². The highest BCUT2D eigenvalue weighted by atomic mass is 79.9. The molecule has 0 spiro atoms. The predicted molar refractivity (Wildman–Crippen MR) is 85.3 cm³/mol. The lowest BCUT2D eigenvalue weighted by atomic mass is 9.97. The van der Waals surface area contributed by atoms with Crippen LogP contribution in [0.5, 0.6) is 0 Å². The summed E-state index contributed by atoms with van der Waals surface area (Å²) in [6, 6.07) is 11.8. The molecule has 1 N–H and O–H groups in total. The minimum absolute atomic E-state index is 0.0596. The summed E-state index contributed by atoms with van der Waals surface area (Å²) in [7, 11) is 0. The van der Waals surface area contributed by atoms with Crippen molar-refractivity contribution in [3.63, 3.8) is 0 Å². The van der Waals surface area contributed by atoms with Gasteiger partial charge in [-0.1, -0.05) is 34.1 Å². The van der Waals surface area contributed by atoms with Crippen LogP contribution in [0.25, 0.3) is 10.9 Å². The number of carbonyl (C=O) groups is 1. The van der Waals surface area contributed by atoms with Crippen LogP contribution in [0.3, 0.4) is 0 Å². The summed E-state index contributed by atoms with van der Waals surface area (Å²) in [4.78, 5) is 16.0. The van der Waals surface area contributed by atoms with Crippen LogP contribution in [0.15, 0.2) is 47.1 Å². The van der Waals surface area contributed by atoms with Gasteiger partial charge in [-0.25, -0.2) is 0 Å². The molecule has 0 fully saturated rings. The quantitative estimate of drug-likeness (QED) is 0.675. The molecule has 0 radical (unpaired) electrons. The minimum atomic E-state index is 0.0596. The number of aromatic nitrogens is 1. The van der Waals surface area contributed by atoms with E-state index in [1.807, 2.05) is 50.2 Å². The normalized spacial score (nSPS) is 10.9. The molecule has 1 heterocycles. The monoisotopic (exact) mass is 327 g/mol. The van der Waals surface area contributed by atoms with Crippen LogP contribution < -0.4 is 0 Å². The number of benzene rings is 2. The van der Waals surface area contributed by atoms with E-state index in [1.165, 1.54) is 0 Å². The van der Waals surface area contributed by atoms with Crippen molar-refractivity contribution in [1.82, 2.24) is 4.98 Å². The number of carbonyl (C=O) groups excluding carboxylic acids is 1. The highest BCUT2D eigenvalue weighted by molar-refractivity contribution is 9.10. The third-order valence-corrected chi connectivity index (χ3v) is 4.10. The van der Waals surface area contributed by atoms with E-state index >= 15 is 0 Å². The molecule has 3 heteroatoms.